The van der Waals surface area contributed by atoms with Crippen LogP contribution in [0.4, 0.5) is 5.69 Å². The first kappa shape index (κ1) is 12.1. The molecule has 88 valence electrons. The molecule has 2 rings (SSSR count). The van der Waals surface area contributed by atoms with Crippen LogP contribution in [0.25, 0.3) is 0 Å². The Morgan fingerprint density at radius 1 is 1.41 bits per heavy atom. The van der Waals surface area contributed by atoms with E-state index in [9.17, 15) is 4.79 Å². The molecule has 4 nitrogen and oxygen atoms in total. The fourth-order valence-corrected chi connectivity index (χ4v) is 2.09. The Morgan fingerprint density at radius 3 is 2.71 bits per heavy atom. The molecule has 0 fully saturated rings. The molecule has 1 aromatic heterocycles. The van der Waals surface area contributed by atoms with Gasteiger partial charge in [0.15, 0.2) is 0 Å². The van der Waals surface area contributed by atoms with E-state index in [0.29, 0.717) is 5.56 Å². The monoisotopic (exact) mass is 341 g/mol. The van der Waals surface area contributed by atoms with E-state index in [1.165, 1.54) is 0 Å². The number of nitrogens with zero attached hydrogens (tertiary/aromatic N) is 2. The molecule has 0 radical (unpaired) electrons. The second-order valence-electron chi connectivity index (χ2n) is 3.70. The molecule has 0 unspecified atom stereocenters. The van der Waals surface area contributed by atoms with Gasteiger partial charge in [0.2, 0.25) is 0 Å². The standard InChI is InChI=1S/C12H12IN3O/c1-8-11(7-14-16(8)2)15-12(17)9-5-3-4-6-10(9)13/h3-7H,1-2H3,(H,15,17). The number of halogens is 1. The van der Waals surface area contributed by atoms with E-state index in [1.54, 1.807) is 10.9 Å². The van der Waals surface area contributed by atoms with Gasteiger partial charge in [-0.2, -0.15) is 5.10 Å². The molecule has 5 heteroatoms. The van der Waals surface area contributed by atoms with Gasteiger partial charge in [0.1, 0.15) is 0 Å². The molecule has 0 atom stereocenters. The van der Waals surface area contributed by atoms with Gasteiger partial charge >= 0.3 is 0 Å². The predicted octanol–water partition coefficient (Wildman–Crippen LogP) is 2.59. The number of hydrogen-bond donors (Lipinski definition) is 1. The number of carbonyl (C=O) groups excluding carboxylic acids is 1. The summed E-state index contributed by atoms with van der Waals surface area (Å²) in [4.78, 5) is 12.0. The maximum atomic E-state index is 12.0. The van der Waals surface area contributed by atoms with Crippen LogP contribution >= 0.6 is 22.6 Å². The van der Waals surface area contributed by atoms with Gasteiger partial charge in [0.05, 0.1) is 23.1 Å². The van der Waals surface area contributed by atoms with E-state index in [1.807, 2.05) is 38.2 Å². The van der Waals surface area contributed by atoms with Crippen LogP contribution in [0.3, 0.4) is 0 Å². The van der Waals surface area contributed by atoms with Crippen LogP contribution in [-0.2, 0) is 7.05 Å². The minimum Gasteiger partial charge on any atom is -0.319 e. The van der Waals surface area contributed by atoms with Crippen molar-refractivity contribution in [2.45, 2.75) is 6.92 Å². The van der Waals surface area contributed by atoms with E-state index in [2.05, 4.69) is 33.0 Å². The number of nitrogens with one attached hydrogen (secondary N) is 1. The molecule has 0 aliphatic heterocycles. The van der Waals surface area contributed by atoms with Gasteiger partial charge in [-0.3, -0.25) is 9.48 Å². The van der Waals surface area contributed by atoms with Crippen molar-refractivity contribution in [3.05, 3.63) is 45.3 Å². The summed E-state index contributed by atoms with van der Waals surface area (Å²) in [6.07, 6.45) is 1.66. The molecule has 0 saturated heterocycles. The summed E-state index contributed by atoms with van der Waals surface area (Å²) in [6.45, 7) is 1.92. The van der Waals surface area contributed by atoms with Gasteiger partial charge in [-0.05, 0) is 41.6 Å². The zero-order valence-electron chi connectivity index (χ0n) is 9.57. The quantitative estimate of drug-likeness (QED) is 0.854. The molecular formula is C12H12IN3O. The fraction of sp³-hybridized carbons (Fsp3) is 0.167. The molecule has 0 saturated carbocycles. The summed E-state index contributed by atoms with van der Waals surface area (Å²) >= 11 is 2.15. The van der Waals surface area contributed by atoms with Gasteiger partial charge in [0.25, 0.3) is 5.91 Å². The predicted molar refractivity (Wildman–Crippen MR) is 75.1 cm³/mol. The molecule has 1 heterocycles. The number of aryl methyl sites for hydroxylation is 1. The molecule has 0 aliphatic carbocycles. The minimum absolute atomic E-state index is 0.105. The third-order valence-electron chi connectivity index (χ3n) is 2.60. The van der Waals surface area contributed by atoms with Crippen molar-refractivity contribution in [1.82, 2.24) is 9.78 Å². The van der Waals surface area contributed by atoms with Crippen LogP contribution in [0.15, 0.2) is 30.5 Å². The van der Waals surface area contributed by atoms with Crippen molar-refractivity contribution in [3.63, 3.8) is 0 Å². The third-order valence-corrected chi connectivity index (χ3v) is 3.54. The highest BCUT2D eigenvalue weighted by Gasteiger charge is 2.12. The van der Waals surface area contributed by atoms with E-state index >= 15 is 0 Å². The zero-order chi connectivity index (χ0) is 12.4. The molecule has 0 aliphatic rings. The molecule has 1 aromatic carbocycles. The van der Waals surface area contributed by atoms with Crippen molar-refractivity contribution in [3.8, 4) is 0 Å². The van der Waals surface area contributed by atoms with Crippen LogP contribution in [-0.4, -0.2) is 15.7 Å². The topological polar surface area (TPSA) is 46.9 Å². The summed E-state index contributed by atoms with van der Waals surface area (Å²) in [6, 6.07) is 7.48. The summed E-state index contributed by atoms with van der Waals surface area (Å²) in [5, 5.41) is 6.95. The number of carbonyl (C=O) groups is 1. The molecule has 1 amide bonds. The molecule has 0 bridgehead atoms. The highest BCUT2D eigenvalue weighted by atomic mass is 127. The lowest BCUT2D eigenvalue weighted by molar-refractivity contribution is 0.102. The number of aromatic nitrogens is 2. The Hall–Kier alpha value is -1.37. The summed E-state index contributed by atoms with van der Waals surface area (Å²) < 4.78 is 2.66. The lowest BCUT2D eigenvalue weighted by Crippen LogP contribution is -2.13. The van der Waals surface area contributed by atoms with Crippen LogP contribution in [0.5, 0.6) is 0 Å². The SMILES string of the molecule is Cc1c(NC(=O)c2ccccc2I)cnn1C. The summed E-state index contributed by atoms with van der Waals surface area (Å²) in [5.41, 5.74) is 2.36. The maximum Gasteiger partial charge on any atom is 0.256 e. The Balaban J connectivity index is 2.23. The first-order chi connectivity index (χ1) is 8.09. The molecule has 17 heavy (non-hydrogen) atoms. The van der Waals surface area contributed by atoms with Crippen molar-refractivity contribution in [2.24, 2.45) is 7.05 Å². The Bertz CT molecular complexity index is 563. The lowest BCUT2D eigenvalue weighted by atomic mass is 10.2. The molecular weight excluding hydrogens is 329 g/mol. The first-order valence-electron chi connectivity index (χ1n) is 5.14. The maximum absolute atomic E-state index is 12.0. The van der Waals surface area contributed by atoms with E-state index in [-0.39, 0.29) is 5.91 Å². The Morgan fingerprint density at radius 2 is 2.12 bits per heavy atom. The normalized spacial score (nSPS) is 10.3. The second-order valence-corrected chi connectivity index (χ2v) is 4.86. The molecule has 2 aromatic rings. The third kappa shape index (κ3) is 2.49. The number of benzene rings is 1. The first-order valence-corrected chi connectivity index (χ1v) is 6.22. The minimum atomic E-state index is -0.105. The largest absolute Gasteiger partial charge is 0.319 e. The number of hydrogen-bond acceptors (Lipinski definition) is 2. The van der Waals surface area contributed by atoms with Gasteiger partial charge < -0.3 is 5.32 Å². The number of amides is 1. The fourth-order valence-electron chi connectivity index (χ4n) is 1.46. The highest BCUT2D eigenvalue weighted by molar-refractivity contribution is 14.1. The number of rotatable bonds is 2. The Kier molecular flexibility index (Phi) is 3.46. The van der Waals surface area contributed by atoms with Crippen LogP contribution < -0.4 is 5.32 Å². The van der Waals surface area contributed by atoms with Crippen LogP contribution in [0.1, 0.15) is 16.1 Å². The van der Waals surface area contributed by atoms with E-state index < -0.39 is 0 Å². The average molecular weight is 341 g/mol. The smallest absolute Gasteiger partial charge is 0.256 e. The average Bonchev–Trinajstić information content (AvgIpc) is 2.61. The number of anilines is 1. The van der Waals surface area contributed by atoms with Crippen molar-refractivity contribution in [2.75, 3.05) is 5.32 Å². The molecule has 0 spiro atoms. The van der Waals surface area contributed by atoms with Gasteiger partial charge in [-0.25, -0.2) is 0 Å². The van der Waals surface area contributed by atoms with Gasteiger partial charge in [-0.15, -0.1) is 0 Å². The lowest BCUT2D eigenvalue weighted by Gasteiger charge is -2.06. The van der Waals surface area contributed by atoms with Crippen LogP contribution in [0.2, 0.25) is 0 Å². The van der Waals surface area contributed by atoms with E-state index in [0.717, 1.165) is 15.0 Å². The summed E-state index contributed by atoms with van der Waals surface area (Å²) in [5.74, 6) is -0.105. The van der Waals surface area contributed by atoms with Gasteiger partial charge in [0, 0.05) is 10.6 Å². The Labute approximate surface area is 113 Å². The highest BCUT2D eigenvalue weighted by Crippen LogP contribution is 2.16. The van der Waals surface area contributed by atoms with Crippen LogP contribution in [0, 0.1) is 10.5 Å². The van der Waals surface area contributed by atoms with Crippen molar-refractivity contribution >= 4 is 34.2 Å². The summed E-state index contributed by atoms with van der Waals surface area (Å²) in [7, 11) is 1.84. The van der Waals surface area contributed by atoms with Crippen molar-refractivity contribution < 1.29 is 4.79 Å². The zero-order valence-corrected chi connectivity index (χ0v) is 11.7. The second kappa shape index (κ2) is 4.87. The molecule has 1 N–H and O–H groups in total. The van der Waals surface area contributed by atoms with Crippen molar-refractivity contribution in [1.29, 1.82) is 0 Å². The van der Waals surface area contributed by atoms with E-state index in [4.69, 9.17) is 0 Å². The van der Waals surface area contributed by atoms with Gasteiger partial charge in [-0.1, -0.05) is 12.1 Å².